The number of fused-ring (bicyclic) bond motifs is 3. The summed E-state index contributed by atoms with van der Waals surface area (Å²) in [5, 5.41) is 2.33. The van der Waals surface area contributed by atoms with Crippen molar-refractivity contribution < 1.29 is 0 Å². The third-order valence-corrected chi connectivity index (χ3v) is 13.1. The minimum absolute atomic E-state index is 0.708. The Morgan fingerprint density at radius 2 is 0.700 bits per heavy atom. The monoisotopic (exact) mass is 897 g/mol. The van der Waals surface area contributed by atoms with Crippen LogP contribution in [-0.2, 0) is 0 Å². The van der Waals surface area contributed by atoms with Crippen molar-refractivity contribution in [3.8, 4) is 50.7 Å². The summed E-state index contributed by atoms with van der Waals surface area (Å²) in [4.78, 5) is 14.8. The summed E-state index contributed by atoms with van der Waals surface area (Å²) in [5.74, 6) is 0.708. The van der Waals surface area contributed by atoms with Crippen LogP contribution in [0.4, 0.5) is 34.1 Å². The van der Waals surface area contributed by atoms with E-state index in [0.29, 0.717) is 5.82 Å². The number of rotatable bonds is 11. The zero-order valence-electron chi connectivity index (χ0n) is 38.6. The summed E-state index contributed by atoms with van der Waals surface area (Å²) in [5.41, 5.74) is 18.3. The summed E-state index contributed by atoms with van der Waals surface area (Å²) >= 11 is 0. The molecule has 70 heavy (non-hydrogen) atoms. The van der Waals surface area contributed by atoms with E-state index < -0.39 is 0 Å². The van der Waals surface area contributed by atoms with Crippen LogP contribution in [0.3, 0.4) is 0 Å². The van der Waals surface area contributed by atoms with Crippen molar-refractivity contribution in [2.45, 2.75) is 6.92 Å². The van der Waals surface area contributed by atoms with Crippen LogP contribution >= 0.6 is 0 Å². The Labute approximate surface area is 408 Å². The van der Waals surface area contributed by atoms with Crippen molar-refractivity contribution in [3.05, 3.63) is 272 Å². The van der Waals surface area contributed by atoms with Gasteiger partial charge in [0.05, 0.1) is 22.4 Å². The first-order valence-electron chi connectivity index (χ1n) is 23.7. The van der Waals surface area contributed by atoms with E-state index >= 15 is 0 Å². The molecule has 2 aromatic heterocycles. The van der Waals surface area contributed by atoms with E-state index in [1.54, 1.807) is 0 Å². The topological polar surface area (TPSA) is 37.2 Å². The Balaban J connectivity index is 0.968. The van der Waals surface area contributed by atoms with Gasteiger partial charge in [0.2, 0.25) is 0 Å². The number of aryl methyl sites for hydroxylation is 1. The largest absolute Gasteiger partial charge is 0.310 e. The number of para-hydroxylation sites is 4. The highest BCUT2D eigenvalue weighted by atomic mass is 15.1. The summed E-state index contributed by atoms with van der Waals surface area (Å²) < 4.78 is 2.42. The minimum atomic E-state index is 0.708. The Morgan fingerprint density at radius 1 is 0.314 bits per heavy atom. The second-order valence-electron chi connectivity index (χ2n) is 17.5. The van der Waals surface area contributed by atoms with Crippen LogP contribution in [0.2, 0.25) is 0 Å². The second-order valence-corrected chi connectivity index (χ2v) is 17.5. The van der Waals surface area contributed by atoms with Crippen molar-refractivity contribution in [2.75, 3.05) is 9.80 Å². The van der Waals surface area contributed by atoms with Crippen molar-refractivity contribution in [2.24, 2.45) is 0 Å². The summed E-state index contributed by atoms with van der Waals surface area (Å²) in [6, 6.07) is 94.6. The second kappa shape index (κ2) is 18.4. The van der Waals surface area contributed by atoms with E-state index in [4.69, 9.17) is 9.97 Å². The van der Waals surface area contributed by atoms with Gasteiger partial charge in [-0.05, 0) is 127 Å². The molecular weight excluding hydrogens is 851 g/mol. The molecule has 0 aliphatic carbocycles. The predicted octanol–water partition coefficient (Wildman–Crippen LogP) is 17.5. The van der Waals surface area contributed by atoms with E-state index in [-0.39, 0.29) is 0 Å². The molecule has 0 aliphatic heterocycles. The summed E-state index contributed by atoms with van der Waals surface area (Å²) in [7, 11) is 0. The SMILES string of the molecule is Cc1cc(-n2c3ccc(N(c4ccccc4)c4ccccc4)cc3c3cc(N(c4ccccc4)c4ccccc4)ccc32)ccc1-c1ccc(-c2cc(-c3ccccc3)nc(-c3ccccc3)n2)cc1. The molecule has 0 saturated carbocycles. The third kappa shape index (κ3) is 8.06. The van der Waals surface area contributed by atoms with E-state index in [0.717, 1.165) is 84.5 Å². The van der Waals surface area contributed by atoms with Gasteiger partial charge in [-0.1, -0.05) is 164 Å². The zero-order chi connectivity index (χ0) is 46.8. The molecule has 0 atom stereocenters. The number of hydrogen-bond donors (Lipinski definition) is 0. The van der Waals surface area contributed by atoms with Gasteiger partial charge in [0, 0.05) is 67.3 Å². The maximum atomic E-state index is 5.08. The molecule has 0 spiro atoms. The van der Waals surface area contributed by atoms with Gasteiger partial charge < -0.3 is 14.4 Å². The standard InChI is InChI=1S/C65H47N5/c1-46-42-55(36-39-58(46)47-32-34-49(35-33-47)62-45-61(48-20-8-2-9-21-48)66-65(67-62)50-22-10-3-11-23-50)70-63-40-37-56(68(51-24-12-4-13-25-51)52-26-14-5-15-27-52)43-59(63)60-44-57(38-41-64(60)70)69(53-28-16-6-17-29-53)54-30-18-7-19-31-54/h2-45H,1H3. The lowest BCUT2D eigenvalue weighted by atomic mass is 9.98. The van der Waals surface area contributed by atoms with Crippen LogP contribution in [0, 0.1) is 6.92 Å². The smallest absolute Gasteiger partial charge is 0.160 e. The molecule has 0 aliphatic rings. The first-order chi connectivity index (χ1) is 34.6. The van der Waals surface area contributed by atoms with Gasteiger partial charge in [0.25, 0.3) is 0 Å². The van der Waals surface area contributed by atoms with E-state index in [9.17, 15) is 0 Å². The van der Waals surface area contributed by atoms with Gasteiger partial charge in [-0.3, -0.25) is 0 Å². The molecule has 0 radical (unpaired) electrons. The van der Waals surface area contributed by atoms with Crippen molar-refractivity contribution >= 4 is 55.9 Å². The Kier molecular flexibility index (Phi) is 11.1. The maximum Gasteiger partial charge on any atom is 0.160 e. The molecule has 0 fully saturated rings. The maximum absolute atomic E-state index is 5.08. The van der Waals surface area contributed by atoms with Crippen molar-refractivity contribution in [1.29, 1.82) is 0 Å². The average molecular weight is 898 g/mol. The van der Waals surface area contributed by atoms with Gasteiger partial charge >= 0.3 is 0 Å². The molecule has 2 heterocycles. The molecule has 0 N–H and O–H groups in total. The predicted molar refractivity (Wildman–Crippen MR) is 292 cm³/mol. The molecule has 5 nitrogen and oxygen atoms in total. The molecule has 12 aromatic rings. The first-order valence-corrected chi connectivity index (χ1v) is 23.7. The highest BCUT2D eigenvalue weighted by Gasteiger charge is 2.21. The average Bonchev–Trinajstić information content (AvgIpc) is 3.76. The van der Waals surface area contributed by atoms with Crippen LogP contribution < -0.4 is 9.80 Å². The van der Waals surface area contributed by atoms with Crippen LogP contribution in [-0.4, -0.2) is 14.5 Å². The molecule has 0 saturated heterocycles. The quantitative estimate of drug-likeness (QED) is 0.130. The van der Waals surface area contributed by atoms with Crippen LogP contribution in [0.25, 0.3) is 72.5 Å². The molecule has 0 unspecified atom stereocenters. The van der Waals surface area contributed by atoms with Gasteiger partial charge in [0.15, 0.2) is 5.82 Å². The van der Waals surface area contributed by atoms with Crippen molar-refractivity contribution in [1.82, 2.24) is 14.5 Å². The van der Waals surface area contributed by atoms with Gasteiger partial charge in [-0.25, -0.2) is 9.97 Å². The lowest BCUT2D eigenvalue weighted by molar-refractivity contribution is 1.17. The number of hydrogen-bond acceptors (Lipinski definition) is 4. The lowest BCUT2D eigenvalue weighted by Crippen LogP contribution is -2.09. The summed E-state index contributed by atoms with van der Waals surface area (Å²) in [6.07, 6.45) is 0. The molecule has 12 rings (SSSR count). The molecule has 0 amide bonds. The fourth-order valence-electron chi connectivity index (χ4n) is 9.76. The van der Waals surface area contributed by atoms with Gasteiger partial charge in [-0.15, -0.1) is 0 Å². The highest BCUT2D eigenvalue weighted by molar-refractivity contribution is 6.12. The molecule has 0 bridgehead atoms. The Hall–Kier alpha value is -9.32. The Bertz CT molecular complexity index is 3470. The van der Waals surface area contributed by atoms with Crippen molar-refractivity contribution in [3.63, 3.8) is 0 Å². The van der Waals surface area contributed by atoms with E-state index in [2.05, 4.69) is 252 Å². The van der Waals surface area contributed by atoms with Crippen LogP contribution in [0.15, 0.2) is 267 Å². The minimum Gasteiger partial charge on any atom is -0.310 e. The lowest BCUT2D eigenvalue weighted by Gasteiger charge is -2.26. The molecule has 5 heteroatoms. The number of benzene rings is 10. The fourth-order valence-corrected chi connectivity index (χ4v) is 9.76. The number of anilines is 6. The number of nitrogens with zero attached hydrogens (tertiary/aromatic N) is 5. The van der Waals surface area contributed by atoms with Crippen LogP contribution in [0.1, 0.15) is 5.56 Å². The third-order valence-electron chi connectivity index (χ3n) is 13.1. The van der Waals surface area contributed by atoms with E-state index in [1.807, 2.05) is 36.4 Å². The molecular formula is C65H47N5. The summed E-state index contributed by atoms with van der Waals surface area (Å²) in [6.45, 7) is 2.22. The van der Waals surface area contributed by atoms with E-state index in [1.165, 1.54) is 21.9 Å². The molecule has 332 valence electrons. The van der Waals surface area contributed by atoms with Crippen LogP contribution in [0.5, 0.6) is 0 Å². The van der Waals surface area contributed by atoms with Gasteiger partial charge in [-0.2, -0.15) is 0 Å². The first kappa shape index (κ1) is 42.1. The normalized spacial score (nSPS) is 11.2. The fraction of sp³-hybridized carbons (Fsp3) is 0.0154. The van der Waals surface area contributed by atoms with Gasteiger partial charge in [0.1, 0.15) is 0 Å². The Morgan fingerprint density at radius 3 is 1.13 bits per heavy atom. The number of aromatic nitrogens is 3. The zero-order valence-corrected chi connectivity index (χ0v) is 38.6. The highest BCUT2D eigenvalue weighted by Crippen LogP contribution is 2.43. The molecule has 10 aromatic carbocycles.